The molecule has 92 valence electrons. The van der Waals surface area contributed by atoms with Crippen molar-refractivity contribution in [3.8, 4) is 0 Å². The van der Waals surface area contributed by atoms with Crippen LogP contribution in [0.4, 0.5) is 0 Å². The summed E-state index contributed by atoms with van der Waals surface area (Å²) in [5.41, 5.74) is 0. The monoisotopic (exact) mass is 229 g/mol. The molecule has 16 heavy (non-hydrogen) atoms. The predicted molar refractivity (Wildman–Crippen MR) is 58.9 cm³/mol. The molecule has 0 aliphatic heterocycles. The number of carboxylic acids is 1. The second-order valence-electron chi connectivity index (χ2n) is 3.97. The number of hydrogen-bond acceptors (Lipinski definition) is 3. The third-order valence-electron chi connectivity index (χ3n) is 2.50. The fourth-order valence-corrected chi connectivity index (χ4v) is 1.22. The number of nitrogens with one attached hydrogen (secondary N) is 1. The van der Waals surface area contributed by atoms with Gasteiger partial charge in [0.25, 0.3) is 0 Å². The zero-order chi connectivity index (χ0) is 12.7. The lowest BCUT2D eigenvalue weighted by Crippen LogP contribution is -2.45. The van der Waals surface area contributed by atoms with Gasteiger partial charge in [0.1, 0.15) is 11.8 Å². The second kappa shape index (κ2) is 6.98. The summed E-state index contributed by atoms with van der Waals surface area (Å²) in [6.07, 6.45) is 0.873. The van der Waals surface area contributed by atoms with Crippen LogP contribution in [-0.4, -0.2) is 28.8 Å². The molecule has 2 unspecified atom stereocenters. The normalized spacial score (nSPS) is 13.9. The molecular formula is C11H19NO4. The Morgan fingerprint density at radius 1 is 1.25 bits per heavy atom. The molecule has 0 aliphatic carbocycles. The van der Waals surface area contributed by atoms with E-state index in [1.54, 1.807) is 6.92 Å². The summed E-state index contributed by atoms with van der Waals surface area (Å²) in [7, 11) is 0. The van der Waals surface area contributed by atoms with E-state index in [1.807, 2.05) is 6.92 Å². The molecular weight excluding hydrogens is 210 g/mol. The molecule has 0 fully saturated rings. The lowest BCUT2D eigenvalue weighted by atomic mass is 9.99. The van der Waals surface area contributed by atoms with Crippen LogP contribution in [0.2, 0.25) is 0 Å². The third-order valence-corrected chi connectivity index (χ3v) is 2.50. The van der Waals surface area contributed by atoms with Gasteiger partial charge < -0.3 is 15.2 Å². The topological polar surface area (TPSA) is 83.5 Å². The van der Waals surface area contributed by atoms with Gasteiger partial charge in [0, 0.05) is 12.8 Å². The van der Waals surface area contributed by atoms with E-state index in [0.717, 1.165) is 0 Å². The van der Waals surface area contributed by atoms with Crippen LogP contribution in [0.5, 0.6) is 0 Å². The minimum Gasteiger partial charge on any atom is -0.480 e. The Labute approximate surface area is 95.2 Å². The standard InChI is InChI=1S/C11H19NO4/c1-4-7(2)10(11(15)16)12-9(14)6-5-8(3)13/h7,10H,4-6H2,1-3H3,(H,12,14)(H,15,16). The van der Waals surface area contributed by atoms with Gasteiger partial charge in [-0.25, -0.2) is 4.79 Å². The number of rotatable bonds is 7. The van der Waals surface area contributed by atoms with Crippen LogP contribution in [0.25, 0.3) is 0 Å². The van der Waals surface area contributed by atoms with Gasteiger partial charge in [-0.3, -0.25) is 4.79 Å². The zero-order valence-electron chi connectivity index (χ0n) is 9.95. The molecule has 1 amide bonds. The third kappa shape index (κ3) is 5.48. The number of hydrogen-bond donors (Lipinski definition) is 2. The van der Waals surface area contributed by atoms with Crippen LogP contribution >= 0.6 is 0 Å². The van der Waals surface area contributed by atoms with Crippen molar-refractivity contribution in [3.05, 3.63) is 0 Å². The highest BCUT2D eigenvalue weighted by molar-refractivity contribution is 5.86. The van der Waals surface area contributed by atoms with Gasteiger partial charge in [0.15, 0.2) is 0 Å². The highest BCUT2D eigenvalue weighted by atomic mass is 16.4. The van der Waals surface area contributed by atoms with Gasteiger partial charge in [-0.15, -0.1) is 0 Å². The lowest BCUT2D eigenvalue weighted by molar-refractivity contribution is -0.143. The molecule has 0 rings (SSSR count). The molecule has 2 atom stereocenters. The first kappa shape index (κ1) is 14.6. The lowest BCUT2D eigenvalue weighted by Gasteiger charge is -2.19. The molecule has 0 aromatic carbocycles. The molecule has 0 aromatic heterocycles. The van der Waals surface area contributed by atoms with Crippen molar-refractivity contribution >= 4 is 17.7 Å². The first-order valence-corrected chi connectivity index (χ1v) is 5.40. The van der Waals surface area contributed by atoms with Crippen molar-refractivity contribution in [2.45, 2.75) is 46.1 Å². The Kier molecular flexibility index (Phi) is 6.37. The SMILES string of the molecule is CCC(C)C(NC(=O)CCC(C)=O)C(=O)O. The van der Waals surface area contributed by atoms with Gasteiger partial charge in [-0.1, -0.05) is 20.3 Å². The molecule has 0 aromatic rings. The Morgan fingerprint density at radius 2 is 1.81 bits per heavy atom. The highest BCUT2D eigenvalue weighted by Gasteiger charge is 2.24. The zero-order valence-corrected chi connectivity index (χ0v) is 9.95. The molecule has 0 aliphatic rings. The molecule has 0 spiro atoms. The maximum absolute atomic E-state index is 11.4. The summed E-state index contributed by atoms with van der Waals surface area (Å²) in [4.78, 5) is 32.9. The quantitative estimate of drug-likeness (QED) is 0.681. The van der Waals surface area contributed by atoms with Gasteiger partial charge in [-0.05, 0) is 12.8 Å². The Morgan fingerprint density at radius 3 is 2.19 bits per heavy atom. The van der Waals surface area contributed by atoms with E-state index in [4.69, 9.17) is 5.11 Å². The van der Waals surface area contributed by atoms with Crippen molar-refractivity contribution in [1.29, 1.82) is 0 Å². The predicted octanol–water partition coefficient (Wildman–Crippen LogP) is 0.971. The van der Waals surface area contributed by atoms with E-state index < -0.39 is 12.0 Å². The van der Waals surface area contributed by atoms with Crippen molar-refractivity contribution in [3.63, 3.8) is 0 Å². The van der Waals surface area contributed by atoms with Crippen molar-refractivity contribution in [2.24, 2.45) is 5.92 Å². The summed E-state index contributed by atoms with van der Waals surface area (Å²) in [6, 6.07) is -0.871. The number of carboxylic acid groups (broad SMARTS) is 1. The fraction of sp³-hybridized carbons (Fsp3) is 0.727. The first-order chi connectivity index (χ1) is 7.38. The molecule has 0 radical (unpaired) electrons. The largest absolute Gasteiger partial charge is 0.480 e. The minimum atomic E-state index is -1.04. The maximum Gasteiger partial charge on any atom is 0.326 e. The summed E-state index contributed by atoms with van der Waals surface area (Å²) in [5.74, 6) is -1.63. The van der Waals surface area contributed by atoms with E-state index in [9.17, 15) is 14.4 Å². The Balaban J connectivity index is 4.24. The van der Waals surface area contributed by atoms with Crippen LogP contribution < -0.4 is 5.32 Å². The van der Waals surface area contributed by atoms with Crippen molar-refractivity contribution in [1.82, 2.24) is 5.32 Å². The van der Waals surface area contributed by atoms with E-state index >= 15 is 0 Å². The highest BCUT2D eigenvalue weighted by Crippen LogP contribution is 2.08. The molecule has 0 bridgehead atoms. The van der Waals surface area contributed by atoms with Crippen molar-refractivity contribution in [2.75, 3.05) is 0 Å². The maximum atomic E-state index is 11.4. The minimum absolute atomic E-state index is 0.0511. The van der Waals surface area contributed by atoms with E-state index in [2.05, 4.69) is 5.32 Å². The Bertz CT molecular complexity index is 275. The van der Waals surface area contributed by atoms with Crippen LogP contribution in [0, 0.1) is 5.92 Å². The van der Waals surface area contributed by atoms with Crippen LogP contribution in [0.1, 0.15) is 40.0 Å². The Hall–Kier alpha value is -1.39. The number of carbonyl (C=O) groups is 3. The molecule has 0 saturated heterocycles. The average molecular weight is 229 g/mol. The number of aliphatic carboxylic acids is 1. The van der Waals surface area contributed by atoms with E-state index in [0.29, 0.717) is 6.42 Å². The van der Waals surface area contributed by atoms with Crippen molar-refractivity contribution < 1.29 is 19.5 Å². The number of carbonyl (C=O) groups excluding carboxylic acids is 2. The number of amides is 1. The molecule has 5 nitrogen and oxygen atoms in total. The van der Waals surface area contributed by atoms with Crippen LogP contribution in [0.3, 0.4) is 0 Å². The summed E-state index contributed by atoms with van der Waals surface area (Å²) in [6.45, 7) is 5.03. The number of ketones is 1. The van der Waals surface area contributed by atoms with E-state index in [1.165, 1.54) is 6.92 Å². The molecule has 0 saturated carbocycles. The van der Waals surface area contributed by atoms with Gasteiger partial charge in [-0.2, -0.15) is 0 Å². The van der Waals surface area contributed by atoms with Gasteiger partial charge in [0.05, 0.1) is 0 Å². The van der Waals surface area contributed by atoms with Crippen LogP contribution in [0.15, 0.2) is 0 Å². The summed E-state index contributed by atoms with van der Waals surface area (Å²) < 4.78 is 0. The molecule has 5 heteroatoms. The summed E-state index contributed by atoms with van der Waals surface area (Å²) >= 11 is 0. The fourth-order valence-electron chi connectivity index (χ4n) is 1.22. The smallest absolute Gasteiger partial charge is 0.326 e. The molecule has 0 heterocycles. The number of Topliss-reactive ketones (excluding diaryl/α,β-unsaturated/α-hetero) is 1. The molecule has 2 N–H and O–H groups in total. The summed E-state index contributed by atoms with van der Waals surface area (Å²) in [5, 5.41) is 11.4. The average Bonchev–Trinajstić information content (AvgIpc) is 2.21. The van der Waals surface area contributed by atoms with Crippen LogP contribution in [-0.2, 0) is 14.4 Å². The second-order valence-corrected chi connectivity index (χ2v) is 3.97. The van der Waals surface area contributed by atoms with Gasteiger partial charge >= 0.3 is 5.97 Å². The van der Waals surface area contributed by atoms with E-state index in [-0.39, 0.29) is 30.4 Å². The first-order valence-electron chi connectivity index (χ1n) is 5.40. The van der Waals surface area contributed by atoms with Gasteiger partial charge in [0.2, 0.25) is 5.91 Å².